The first-order valence-electron chi connectivity index (χ1n) is 6.78. The molecule has 0 bridgehead atoms. The van der Waals surface area contributed by atoms with Gasteiger partial charge in [0.05, 0.1) is 16.9 Å². The molecule has 0 aliphatic heterocycles. The Labute approximate surface area is 136 Å². The van der Waals surface area contributed by atoms with Gasteiger partial charge in [-0.05, 0) is 18.2 Å². The van der Waals surface area contributed by atoms with Crippen molar-refractivity contribution >= 4 is 27.8 Å². The summed E-state index contributed by atoms with van der Waals surface area (Å²) in [5.41, 5.74) is 1.62. The molecule has 0 atom stereocenters. The monoisotopic (exact) mass is 327 g/mol. The zero-order chi connectivity index (χ0) is 16.2. The third-order valence-corrected chi connectivity index (χ3v) is 4.13. The molecule has 116 valence electrons. The molecule has 6 nitrogen and oxygen atoms in total. The van der Waals surface area contributed by atoms with Gasteiger partial charge in [-0.3, -0.25) is 10.1 Å². The van der Waals surface area contributed by atoms with Crippen LogP contribution in [0.3, 0.4) is 0 Å². The lowest BCUT2D eigenvalue weighted by Crippen LogP contribution is -1.92. The van der Waals surface area contributed by atoms with Crippen LogP contribution >= 0.6 is 11.3 Å². The number of rotatable bonds is 5. The maximum absolute atomic E-state index is 10.8. The summed E-state index contributed by atoms with van der Waals surface area (Å²) in [5, 5.41) is 14.6. The number of nitro benzene ring substituents is 1. The minimum absolute atomic E-state index is 0.0384. The first-order valence-corrected chi connectivity index (χ1v) is 7.60. The van der Waals surface area contributed by atoms with Crippen molar-refractivity contribution < 1.29 is 9.66 Å². The summed E-state index contributed by atoms with van der Waals surface area (Å²) in [6.07, 6.45) is 1.75. The highest BCUT2D eigenvalue weighted by atomic mass is 32.1. The van der Waals surface area contributed by atoms with Crippen LogP contribution in [0.15, 0.2) is 54.7 Å². The second-order valence-electron chi connectivity index (χ2n) is 4.66. The molecule has 23 heavy (non-hydrogen) atoms. The summed E-state index contributed by atoms with van der Waals surface area (Å²) < 4.78 is 5.35. The van der Waals surface area contributed by atoms with Gasteiger partial charge in [0.1, 0.15) is 5.75 Å². The molecule has 0 spiro atoms. The second-order valence-corrected chi connectivity index (χ2v) is 5.69. The molecule has 1 N–H and O–H groups in total. The Hall–Kier alpha value is -2.93. The zero-order valence-electron chi connectivity index (χ0n) is 12.2. The largest absolute Gasteiger partial charge is 0.496 e. The third-order valence-electron chi connectivity index (χ3n) is 3.19. The highest BCUT2D eigenvalue weighted by molar-refractivity contribution is 7.19. The van der Waals surface area contributed by atoms with Gasteiger partial charge in [0, 0.05) is 29.6 Å². The van der Waals surface area contributed by atoms with Crippen LogP contribution in [0.5, 0.6) is 5.75 Å². The fraction of sp³-hybridized carbons (Fsp3) is 0.0625. The summed E-state index contributed by atoms with van der Waals surface area (Å²) in [6, 6.07) is 14.0. The van der Waals surface area contributed by atoms with E-state index in [1.165, 1.54) is 23.5 Å². The summed E-state index contributed by atoms with van der Waals surface area (Å²) in [4.78, 5) is 15.7. The molecule has 1 aromatic heterocycles. The van der Waals surface area contributed by atoms with Gasteiger partial charge < -0.3 is 10.1 Å². The number of nitrogens with one attached hydrogen (secondary N) is 1. The predicted molar refractivity (Wildman–Crippen MR) is 90.5 cm³/mol. The van der Waals surface area contributed by atoms with Crippen LogP contribution in [0.25, 0.3) is 10.4 Å². The molecular weight excluding hydrogens is 314 g/mol. The lowest BCUT2D eigenvalue weighted by atomic mass is 10.2. The number of non-ortho nitro benzene ring substituents is 1. The Morgan fingerprint density at radius 2 is 2.04 bits per heavy atom. The molecule has 0 radical (unpaired) electrons. The van der Waals surface area contributed by atoms with Gasteiger partial charge in [-0.2, -0.15) is 0 Å². The van der Waals surface area contributed by atoms with Crippen LogP contribution in [-0.4, -0.2) is 17.0 Å². The smallest absolute Gasteiger partial charge is 0.271 e. The molecule has 0 aliphatic rings. The van der Waals surface area contributed by atoms with Crippen LogP contribution in [0.4, 0.5) is 16.5 Å². The van der Waals surface area contributed by atoms with Crippen LogP contribution in [0.2, 0.25) is 0 Å². The topological polar surface area (TPSA) is 77.3 Å². The van der Waals surface area contributed by atoms with E-state index in [0.717, 1.165) is 16.2 Å². The average molecular weight is 327 g/mol. The number of anilines is 2. The van der Waals surface area contributed by atoms with Crippen molar-refractivity contribution in [2.24, 2.45) is 0 Å². The lowest BCUT2D eigenvalue weighted by molar-refractivity contribution is -0.384. The predicted octanol–water partition coefficient (Wildman–Crippen LogP) is 4.47. The molecule has 3 rings (SSSR count). The number of aromatic nitrogens is 1. The molecule has 0 aliphatic carbocycles. The Morgan fingerprint density at radius 3 is 2.83 bits per heavy atom. The van der Waals surface area contributed by atoms with E-state index in [4.69, 9.17) is 4.74 Å². The van der Waals surface area contributed by atoms with E-state index < -0.39 is 4.92 Å². The highest BCUT2D eigenvalue weighted by Gasteiger charge is 2.10. The Balaban J connectivity index is 1.85. The quantitative estimate of drug-likeness (QED) is 0.552. The van der Waals surface area contributed by atoms with E-state index in [-0.39, 0.29) is 5.69 Å². The molecular formula is C16H13N3O3S. The number of ether oxygens (including phenoxy) is 1. The van der Waals surface area contributed by atoms with Crippen molar-refractivity contribution in [3.63, 3.8) is 0 Å². The SMILES string of the molecule is COc1ccccc1-c1cnc(Nc2cccc([N+](=O)[O-])c2)s1. The number of nitrogens with zero attached hydrogens (tertiary/aromatic N) is 2. The number of para-hydroxylation sites is 1. The number of nitro groups is 1. The molecule has 2 aromatic carbocycles. The molecule has 0 saturated carbocycles. The van der Waals surface area contributed by atoms with Gasteiger partial charge in [0.15, 0.2) is 5.13 Å². The van der Waals surface area contributed by atoms with Crippen LogP contribution in [0.1, 0.15) is 0 Å². The highest BCUT2D eigenvalue weighted by Crippen LogP contribution is 2.36. The van der Waals surface area contributed by atoms with Gasteiger partial charge in [-0.15, -0.1) is 0 Å². The third kappa shape index (κ3) is 3.29. The normalized spacial score (nSPS) is 10.3. The standard InChI is InChI=1S/C16H13N3O3S/c1-22-14-8-3-2-7-13(14)15-10-17-16(23-15)18-11-5-4-6-12(9-11)19(20)21/h2-10H,1H3,(H,17,18). The fourth-order valence-corrected chi connectivity index (χ4v) is 2.99. The van der Waals surface area contributed by atoms with Crippen LogP contribution < -0.4 is 10.1 Å². The molecule has 0 amide bonds. The number of hydrogen-bond donors (Lipinski definition) is 1. The molecule has 7 heteroatoms. The van der Waals surface area contributed by atoms with E-state index in [9.17, 15) is 10.1 Å². The van der Waals surface area contributed by atoms with E-state index in [0.29, 0.717) is 10.8 Å². The first-order chi connectivity index (χ1) is 11.2. The van der Waals surface area contributed by atoms with E-state index in [1.807, 2.05) is 24.3 Å². The van der Waals surface area contributed by atoms with Gasteiger partial charge in [0.2, 0.25) is 0 Å². The van der Waals surface area contributed by atoms with E-state index in [1.54, 1.807) is 25.4 Å². The van der Waals surface area contributed by atoms with Crippen molar-refractivity contribution in [3.8, 4) is 16.2 Å². The summed E-state index contributed by atoms with van der Waals surface area (Å²) >= 11 is 1.45. The molecule has 3 aromatic rings. The average Bonchev–Trinajstić information content (AvgIpc) is 3.03. The Morgan fingerprint density at radius 1 is 1.22 bits per heavy atom. The molecule has 1 heterocycles. The zero-order valence-corrected chi connectivity index (χ0v) is 13.0. The lowest BCUT2D eigenvalue weighted by Gasteiger charge is -2.05. The Bertz CT molecular complexity index is 848. The fourth-order valence-electron chi connectivity index (χ4n) is 2.13. The van der Waals surface area contributed by atoms with Crippen molar-refractivity contribution in [1.29, 1.82) is 0 Å². The van der Waals surface area contributed by atoms with Crippen molar-refractivity contribution in [2.75, 3.05) is 12.4 Å². The van der Waals surface area contributed by atoms with Crippen LogP contribution in [-0.2, 0) is 0 Å². The summed E-state index contributed by atoms with van der Waals surface area (Å²) in [5.74, 6) is 0.776. The molecule has 0 unspecified atom stereocenters. The van der Waals surface area contributed by atoms with E-state index >= 15 is 0 Å². The number of hydrogen-bond acceptors (Lipinski definition) is 6. The van der Waals surface area contributed by atoms with Gasteiger partial charge in [-0.1, -0.05) is 29.5 Å². The second kappa shape index (κ2) is 6.45. The maximum Gasteiger partial charge on any atom is 0.271 e. The van der Waals surface area contributed by atoms with E-state index in [2.05, 4.69) is 10.3 Å². The Kier molecular flexibility index (Phi) is 4.20. The molecule has 0 saturated heterocycles. The van der Waals surface area contributed by atoms with Gasteiger partial charge in [0.25, 0.3) is 5.69 Å². The van der Waals surface area contributed by atoms with Gasteiger partial charge >= 0.3 is 0 Å². The number of benzene rings is 2. The summed E-state index contributed by atoms with van der Waals surface area (Å²) in [7, 11) is 1.63. The van der Waals surface area contributed by atoms with Crippen molar-refractivity contribution in [1.82, 2.24) is 4.98 Å². The minimum Gasteiger partial charge on any atom is -0.496 e. The minimum atomic E-state index is -0.423. The van der Waals surface area contributed by atoms with Crippen LogP contribution in [0, 0.1) is 10.1 Å². The van der Waals surface area contributed by atoms with Crippen molar-refractivity contribution in [3.05, 3.63) is 64.8 Å². The number of thiazole rings is 1. The number of methoxy groups -OCH3 is 1. The maximum atomic E-state index is 10.8. The van der Waals surface area contributed by atoms with Gasteiger partial charge in [-0.25, -0.2) is 4.98 Å². The summed E-state index contributed by atoms with van der Waals surface area (Å²) in [6.45, 7) is 0. The molecule has 0 fully saturated rings. The first kappa shape index (κ1) is 15.0. The van der Waals surface area contributed by atoms with Crippen molar-refractivity contribution in [2.45, 2.75) is 0 Å².